The molecule has 0 bridgehead atoms. The van der Waals surface area contributed by atoms with Crippen molar-refractivity contribution in [3.63, 3.8) is 0 Å². The molecule has 1 aliphatic heterocycles. The average Bonchev–Trinajstić information content (AvgIpc) is 2.14. The van der Waals surface area contributed by atoms with E-state index in [-0.39, 0.29) is 5.54 Å². The summed E-state index contributed by atoms with van der Waals surface area (Å²) in [5.74, 6) is -0.0862. The van der Waals surface area contributed by atoms with Crippen LogP contribution in [0, 0.1) is 5.92 Å². The van der Waals surface area contributed by atoms with Gasteiger partial charge in [0.15, 0.2) is 0 Å². The molecular formula is C12H23NO2. The number of aliphatic carboxylic acids is 1. The van der Waals surface area contributed by atoms with Crippen LogP contribution >= 0.6 is 0 Å². The van der Waals surface area contributed by atoms with Gasteiger partial charge in [0, 0.05) is 18.5 Å². The zero-order valence-electron chi connectivity index (χ0n) is 10.1. The Balaban J connectivity index is 2.39. The first-order valence-electron chi connectivity index (χ1n) is 5.86. The van der Waals surface area contributed by atoms with Gasteiger partial charge in [-0.15, -0.1) is 0 Å². The van der Waals surface area contributed by atoms with Gasteiger partial charge in [-0.2, -0.15) is 0 Å². The van der Waals surface area contributed by atoms with Gasteiger partial charge in [-0.25, -0.2) is 0 Å². The molecule has 0 radical (unpaired) electrons. The average molecular weight is 213 g/mol. The fourth-order valence-electron chi connectivity index (χ4n) is 2.24. The van der Waals surface area contributed by atoms with E-state index in [1.807, 2.05) is 0 Å². The number of rotatable bonds is 3. The van der Waals surface area contributed by atoms with Crippen LogP contribution in [0.5, 0.6) is 0 Å². The van der Waals surface area contributed by atoms with E-state index in [0.717, 1.165) is 19.5 Å². The van der Waals surface area contributed by atoms with Crippen molar-refractivity contribution in [2.45, 2.75) is 52.0 Å². The zero-order chi connectivity index (χ0) is 11.5. The molecule has 0 aromatic carbocycles. The Hall–Kier alpha value is -0.570. The lowest BCUT2D eigenvalue weighted by atomic mass is 9.90. The van der Waals surface area contributed by atoms with Crippen molar-refractivity contribution in [2.24, 2.45) is 5.92 Å². The lowest BCUT2D eigenvalue weighted by Gasteiger charge is -2.41. The molecular weight excluding hydrogens is 190 g/mol. The van der Waals surface area contributed by atoms with E-state index in [1.165, 1.54) is 12.8 Å². The summed E-state index contributed by atoms with van der Waals surface area (Å²) in [6, 6.07) is 0. The first-order chi connectivity index (χ1) is 6.89. The minimum atomic E-state index is -0.664. The highest BCUT2D eigenvalue weighted by molar-refractivity contribution is 5.66. The summed E-state index contributed by atoms with van der Waals surface area (Å²) in [5.41, 5.74) is 0.224. The van der Waals surface area contributed by atoms with E-state index in [0.29, 0.717) is 12.3 Å². The predicted molar refractivity (Wildman–Crippen MR) is 60.9 cm³/mol. The summed E-state index contributed by atoms with van der Waals surface area (Å²) in [6.45, 7) is 8.91. The minimum absolute atomic E-state index is 0.224. The van der Waals surface area contributed by atoms with E-state index < -0.39 is 5.97 Å². The largest absolute Gasteiger partial charge is 0.481 e. The van der Waals surface area contributed by atoms with Gasteiger partial charge in [0.25, 0.3) is 0 Å². The van der Waals surface area contributed by atoms with Gasteiger partial charge in [0.05, 0.1) is 0 Å². The second-order valence-corrected chi connectivity index (χ2v) is 5.56. The van der Waals surface area contributed by atoms with E-state index in [1.54, 1.807) is 0 Å². The monoisotopic (exact) mass is 213 g/mol. The van der Waals surface area contributed by atoms with Gasteiger partial charge in [-0.05, 0) is 52.5 Å². The molecule has 1 fully saturated rings. The number of piperidine rings is 1. The lowest BCUT2D eigenvalue weighted by Crippen LogP contribution is -2.47. The topological polar surface area (TPSA) is 40.5 Å². The molecule has 1 rings (SSSR count). The normalized spacial score (nSPS) is 24.1. The fourth-order valence-corrected chi connectivity index (χ4v) is 2.24. The minimum Gasteiger partial charge on any atom is -0.481 e. The Morgan fingerprint density at radius 1 is 1.47 bits per heavy atom. The lowest BCUT2D eigenvalue weighted by molar-refractivity contribution is -0.137. The first-order valence-corrected chi connectivity index (χ1v) is 5.86. The zero-order valence-corrected chi connectivity index (χ0v) is 10.1. The van der Waals surface area contributed by atoms with Crippen LogP contribution < -0.4 is 0 Å². The number of carbonyl (C=O) groups is 1. The molecule has 1 unspecified atom stereocenters. The van der Waals surface area contributed by atoms with Crippen LogP contribution in [0.2, 0.25) is 0 Å². The Morgan fingerprint density at radius 2 is 2.13 bits per heavy atom. The second kappa shape index (κ2) is 4.97. The fraction of sp³-hybridized carbons (Fsp3) is 0.917. The van der Waals surface area contributed by atoms with Crippen molar-refractivity contribution < 1.29 is 9.90 Å². The third-order valence-corrected chi connectivity index (χ3v) is 3.23. The number of carboxylic acids is 1. The summed E-state index contributed by atoms with van der Waals surface area (Å²) >= 11 is 0. The number of carboxylic acid groups (broad SMARTS) is 1. The second-order valence-electron chi connectivity index (χ2n) is 5.56. The molecule has 3 heteroatoms. The molecule has 0 aromatic heterocycles. The third-order valence-electron chi connectivity index (χ3n) is 3.23. The van der Waals surface area contributed by atoms with Gasteiger partial charge < -0.3 is 5.11 Å². The van der Waals surface area contributed by atoms with Crippen LogP contribution in [0.4, 0.5) is 0 Å². The number of nitrogens with zero attached hydrogens (tertiary/aromatic N) is 1. The molecule has 1 atom stereocenters. The third kappa shape index (κ3) is 4.20. The summed E-state index contributed by atoms with van der Waals surface area (Å²) in [6.07, 6.45) is 3.56. The Morgan fingerprint density at radius 3 is 2.67 bits per heavy atom. The highest BCUT2D eigenvalue weighted by atomic mass is 16.4. The first kappa shape index (κ1) is 12.5. The molecule has 3 nitrogen and oxygen atoms in total. The van der Waals surface area contributed by atoms with Gasteiger partial charge in [-0.1, -0.05) is 0 Å². The quantitative estimate of drug-likeness (QED) is 0.782. The number of hydrogen-bond donors (Lipinski definition) is 1. The van der Waals surface area contributed by atoms with Crippen LogP contribution in [0.3, 0.4) is 0 Å². The standard InChI is InChI=1S/C12H23NO2/c1-12(2,3)13-8-4-5-10(9-13)6-7-11(14)15/h10H,4-9H2,1-3H3,(H,14,15). The van der Waals surface area contributed by atoms with Crippen molar-refractivity contribution in [1.82, 2.24) is 4.90 Å². The maximum Gasteiger partial charge on any atom is 0.303 e. The van der Waals surface area contributed by atoms with Crippen LogP contribution in [-0.4, -0.2) is 34.6 Å². The molecule has 1 aliphatic rings. The maximum absolute atomic E-state index is 10.5. The molecule has 15 heavy (non-hydrogen) atoms. The van der Waals surface area contributed by atoms with Crippen LogP contribution in [0.1, 0.15) is 46.5 Å². The number of hydrogen-bond acceptors (Lipinski definition) is 2. The SMILES string of the molecule is CC(C)(C)N1CCCC(CCC(=O)O)C1. The van der Waals surface area contributed by atoms with E-state index in [4.69, 9.17) is 5.11 Å². The predicted octanol–water partition coefficient (Wildman–Crippen LogP) is 2.36. The van der Waals surface area contributed by atoms with Crippen LogP contribution in [0.15, 0.2) is 0 Å². The van der Waals surface area contributed by atoms with Gasteiger partial charge >= 0.3 is 5.97 Å². The molecule has 1 heterocycles. The number of likely N-dealkylation sites (tertiary alicyclic amines) is 1. The summed E-state index contributed by atoms with van der Waals surface area (Å²) in [7, 11) is 0. The molecule has 0 saturated carbocycles. The summed E-state index contributed by atoms with van der Waals surface area (Å²) in [4.78, 5) is 13.0. The van der Waals surface area contributed by atoms with Crippen molar-refractivity contribution in [3.8, 4) is 0 Å². The Kier molecular flexibility index (Phi) is 4.14. The van der Waals surface area contributed by atoms with E-state index in [2.05, 4.69) is 25.7 Å². The molecule has 1 saturated heterocycles. The molecule has 0 aliphatic carbocycles. The van der Waals surface area contributed by atoms with E-state index in [9.17, 15) is 4.79 Å². The summed E-state index contributed by atoms with van der Waals surface area (Å²) < 4.78 is 0. The highest BCUT2D eigenvalue weighted by Crippen LogP contribution is 2.26. The molecule has 0 aromatic rings. The highest BCUT2D eigenvalue weighted by Gasteiger charge is 2.27. The van der Waals surface area contributed by atoms with Crippen molar-refractivity contribution in [3.05, 3.63) is 0 Å². The van der Waals surface area contributed by atoms with Crippen molar-refractivity contribution in [1.29, 1.82) is 0 Å². The molecule has 1 N–H and O–H groups in total. The smallest absolute Gasteiger partial charge is 0.303 e. The van der Waals surface area contributed by atoms with E-state index >= 15 is 0 Å². The van der Waals surface area contributed by atoms with Gasteiger partial charge in [-0.3, -0.25) is 9.69 Å². The van der Waals surface area contributed by atoms with Crippen LogP contribution in [-0.2, 0) is 4.79 Å². The maximum atomic E-state index is 10.5. The Bertz CT molecular complexity index is 220. The van der Waals surface area contributed by atoms with Gasteiger partial charge in [0.2, 0.25) is 0 Å². The summed E-state index contributed by atoms with van der Waals surface area (Å²) in [5, 5.41) is 8.66. The Labute approximate surface area is 92.5 Å². The van der Waals surface area contributed by atoms with Crippen LogP contribution in [0.25, 0.3) is 0 Å². The molecule has 88 valence electrons. The van der Waals surface area contributed by atoms with Crippen molar-refractivity contribution in [2.75, 3.05) is 13.1 Å². The van der Waals surface area contributed by atoms with Crippen molar-refractivity contribution >= 4 is 5.97 Å². The molecule has 0 spiro atoms. The van der Waals surface area contributed by atoms with Gasteiger partial charge in [0.1, 0.15) is 0 Å². The molecule has 0 amide bonds.